The molecule has 0 bridgehead atoms. The van der Waals surface area contributed by atoms with E-state index in [1.165, 1.54) is 0 Å². The summed E-state index contributed by atoms with van der Waals surface area (Å²) in [5.41, 5.74) is 0. The minimum Gasteiger partial charge on any atom is -0.388 e. The number of ether oxygens (including phenoxy) is 2. The van der Waals surface area contributed by atoms with Gasteiger partial charge in [0.05, 0.1) is 25.4 Å². The highest BCUT2D eigenvalue weighted by Gasteiger charge is 2.09. The lowest BCUT2D eigenvalue weighted by molar-refractivity contribution is -0.0577. The van der Waals surface area contributed by atoms with Gasteiger partial charge >= 0.3 is 0 Å². The SMILES string of the molecule is CCCC(C)OCC(O)COC(C)CCC. The summed E-state index contributed by atoms with van der Waals surface area (Å²) in [5.74, 6) is 0. The first-order valence-electron chi connectivity index (χ1n) is 6.51. The third kappa shape index (κ3) is 9.13. The lowest BCUT2D eigenvalue weighted by Gasteiger charge is -2.18. The van der Waals surface area contributed by atoms with Crippen LogP contribution in [0.5, 0.6) is 0 Å². The molecule has 0 saturated carbocycles. The fourth-order valence-corrected chi connectivity index (χ4v) is 1.58. The molecule has 1 N–H and O–H groups in total. The number of aliphatic hydroxyl groups excluding tert-OH is 1. The summed E-state index contributed by atoms with van der Waals surface area (Å²) < 4.78 is 11.0. The van der Waals surface area contributed by atoms with Crippen LogP contribution in [0.3, 0.4) is 0 Å². The molecule has 0 saturated heterocycles. The van der Waals surface area contributed by atoms with Crippen LogP contribution in [0.4, 0.5) is 0 Å². The van der Waals surface area contributed by atoms with Gasteiger partial charge in [-0.3, -0.25) is 0 Å². The van der Waals surface area contributed by atoms with Crippen LogP contribution >= 0.6 is 0 Å². The summed E-state index contributed by atoms with van der Waals surface area (Å²) in [6.07, 6.45) is 4.27. The van der Waals surface area contributed by atoms with Crippen LogP contribution in [-0.4, -0.2) is 36.6 Å². The number of rotatable bonds is 10. The van der Waals surface area contributed by atoms with E-state index in [9.17, 15) is 5.11 Å². The molecule has 98 valence electrons. The molecule has 0 aromatic rings. The van der Waals surface area contributed by atoms with Crippen LogP contribution in [0.15, 0.2) is 0 Å². The molecule has 2 atom stereocenters. The Morgan fingerprint density at radius 2 is 1.25 bits per heavy atom. The number of aliphatic hydroxyl groups is 1. The van der Waals surface area contributed by atoms with E-state index < -0.39 is 6.10 Å². The van der Waals surface area contributed by atoms with E-state index in [4.69, 9.17) is 9.47 Å². The van der Waals surface area contributed by atoms with Gasteiger partial charge in [-0.05, 0) is 26.7 Å². The van der Waals surface area contributed by atoms with Gasteiger partial charge in [-0.1, -0.05) is 26.7 Å². The predicted molar refractivity (Wildman–Crippen MR) is 66.7 cm³/mol. The van der Waals surface area contributed by atoms with Crippen LogP contribution in [0, 0.1) is 0 Å². The fraction of sp³-hybridized carbons (Fsp3) is 1.00. The Balaban J connectivity index is 3.46. The maximum atomic E-state index is 9.63. The van der Waals surface area contributed by atoms with E-state index >= 15 is 0 Å². The summed E-state index contributed by atoms with van der Waals surface area (Å²) in [6, 6.07) is 0. The zero-order chi connectivity index (χ0) is 12.4. The molecule has 0 heterocycles. The van der Waals surface area contributed by atoms with Gasteiger partial charge in [0.2, 0.25) is 0 Å². The van der Waals surface area contributed by atoms with Crippen LogP contribution < -0.4 is 0 Å². The maximum absolute atomic E-state index is 9.63. The normalized spacial score (nSPS) is 17.1. The second-order valence-corrected chi connectivity index (χ2v) is 4.52. The number of hydrogen-bond acceptors (Lipinski definition) is 3. The van der Waals surface area contributed by atoms with Gasteiger partial charge in [0.15, 0.2) is 0 Å². The van der Waals surface area contributed by atoms with Crippen molar-refractivity contribution in [2.24, 2.45) is 0 Å². The molecule has 16 heavy (non-hydrogen) atoms. The smallest absolute Gasteiger partial charge is 0.101 e. The molecule has 0 aromatic carbocycles. The zero-order valence-corrected chi connectivity index (χ0v) is 11.2. The number of hydrogen-bond donors (Lipinski definition) is 1. The Labute approximate surface area is 100 Å². The Hall–Kier alpha value is -0.120. The van der Waals surface area contributed by atoms with Crippen molar-refractivity contribution in [1.82, 2.24) is 0 Å². The summed E-state index contributed by atoms with van der Waals surface area (Å²) in [5, 5.41) is 9.63. The monoisotopic (exact) mass is 232 g/mol. The molecule has 0 rings (SSSR count). The summed E-state index contributed by atoms with van der Waals surface area (Å²) >= 11 is 0. The van der Waals surface area contributed by atoms with Crippen molar-refractivity contribution in [3.05, 3.63) is 0 Å². The molecule has 3 nitrogen and oxygen atoms in total. The molecule has 2 unspecified atom stereocenters. The van der Waals surface area contributed by atoms with Gasteiger partial charge in [0.25, 0.3) is 0 Å². The minimum atomic E-state index is -0.501. The minimum absolute atomic E-state index is 0.229. The van der Waals surface area contributed by atoms with Gasteiger partial charge in [-0.15, -0.1) is 0 Å². The van der Waals surface area contributed by atoms with Crippen LogP contribution in [0.2, 0.25) is 0 Å². The van der Waals surface area contributed by atoms with E-state index in [2.05, 4.69) is 13.8 Å². The first-order chi connectivity index (χ1) is 7.60. The standard InChI is InChI=1S/C13H28O3/c1-5-7-11(3)15-9-13(14)10-16-12(4)8-6-2/h11-14H,5-10H2,1-4H3. The second kappa shape index (κ2) is 10.1. The predicted octanol–water partition coefficient (Wildman–Crippen LogP) is 2.76. The molecule has 0 spiro atoms. The van der Waals surface area contributed by atoms with Crippen molar-refractivity contribution in [3.8, 4) is 0 Å². The molecular formula is C13H28O3. The lowest BCUT2D eigenvalue weighted by Crippen LogP contribution is -2.26. The van der Waals surface area contributed by atoms with E-state index in [0.717, 1.165) is 25.7 Å². The molecule has 0 amide bonds. The molecular weight excluding hydrogens is 204 g/mol. The van der Waals surface area contributed by atoms with Crippen molar-refractivity contribution >= 4 is 0 Å². The van der Waals surface area contributed by atoms with Crippen LogP contribution in [-0.2, 0) is 9.47 Å². The molecule has 0 aliphatic rings. The maximum Gasteiger partial charge on any atom is 0.101 e. The van der Waals surface area contributed by atoms with Gasteiger partial charge in [-0.2, -0.15) is 0 Å². The van der Waals surface area contributed by atoms with E-state index in [-0.39, 0.29) is 12.2 Å². The molecule has 0 radical (unpaired) electrons. The second-order valence-electron chi connectivity index (χ2n) is 4.52. The Morgan fingerprint density at radius 3 is 1.56 bits per heavy atom. The highest BCUT2D eigenvalue weighted by molar-refractivity contribution is 4.57. The Kier molecular flexibility index (Phi) is 9.99. The highest BCUT2D eigenvalue weighted by Crippen LogP contribution is 2.04. The van der Waals surface area contributed by atoms with Crippen LogP contribution in [0.25, 0.3) is 0 Å². The quantitative estimate of drug-likeness (QED) is 0.629. The van der Waals surface area contributed by atoms with Gasteiger partial charge < -0.3 is 14.6 Å². The van der Waals surface area contributed by atoms with Gasteiger partial charge in [0.1, 0.15) is 6.10 Å². The van der Waals surface area contributed by atoms with E-state index in [1.54, 1.807) is 0 Å². The average molecular weight is 232 g/mol. The van der Waals surface area contributed by atoms with E-state index in [0.29, 0.717) is 13.2 Å². The van der Waals surface area contributed by atoms with Crippen molar-refractivity contribution in [3.63, 3.8) is 0 Å². The molecule has 0 aliphatic heterocycles. The third-order valence-corrected chi connectivity index (χ3v) is 2.54. The summed E-state index contributed by atoms with van der Waals surface area (Å²) in [4.78, 5) is 0. The first-order valence-corrected chi connectivity index (χ1v) is 6.51. The van der Waals surface area contributed by atoms with Gasteiger partial charge in [0, 0.05) is 0 Å². The van der Waals surface area contributed by atoms with Crippen molar-refractivity contribution < 1.29 is 14.6 Å². The van der Waals surface area contributed by atoms with Gasteiger partial charge in [-0.25, -0.2) is 0 Å². The highest BCUT2D eigenvalue weighted by atomic mass is 16.5. The Morgan fingerprint density at radius 1 is 0.875 bits per heavy atom. The molecule has 0 aromatic heterocycles. The van der Waals surface area contributed by atoms with E-state index in [1.807, 2.05) is 13.8 Å². The Bertz CT molecular complexity index is 134. The third-order valence-electron chi connectivity index (χ3n) is 2.54. The zero-order valence-electron chi connectivity index (χ0n) is 11.2. The summed E-state index contributed by atoms with van der Waals surface area (Å²) in [7, 11) is 0. The van der Waals surface area contributed by atoms with Crippen molar-refractivity contribution in [2.45, 2.75) is 71.7 Å². The van der Waals surface area contributed by atoms with Crippen molar-refractivity contribution in [2.75, 3.05) is 13.2 Å². The first kappa shape index (κ1) is 15.9. The summed E-state index contributed by atoms with van der Waals surface area (Å²) in [6.45, 7) is 9.09. The average Bonchev–Trinajstić information content (AvgIpc) is 2.24. The van der Waals surface area contributed by atoms with Crippen molar-refractivity contribution in [1.29, 1.82) is 0 Å². The van der Waals surface area contributed by atoms with Crippen LogP contribution in [0.1, 0.15) is 53.4 Å². The topological polar surface area (TPSA) is 38.7 Å². The fourth-order valence-electron chi connectivity index (χ4n) is 1.58. The molecule has 3 heteroatoms. The molecule has 0 fully saturated rings. The largest absolute Gasteiger partial charge is 0.388 e. The lowest BCUT2D eigenvalue weighted by atomic mass is 10.2. The molecule has 0 aliphatic carbocycles.